The van der Waals surface area contributed by atoms with Gasteiger partial charge in [-0.2, -0.15) is 0 Å². The quantitative estimate of drug-likeness (QED) is 0.852. The first-order valence-electron chi connectivity index (χ1n) is 6.30. The van der Waals surface area contributed by atoms with Crippen LogP contribution in [0.4, 0.5) is 0 Å². The molecule has 2 rings (SSSR count). The largest absolute Gasteiger partial charge is 0.373 e. The lowest BCUT2D eigenvalue weighted by Gasteiger charge is -2.32. The van der Waals surface area contributed by atoms with Crippen LogP contribution in [-0.4, -0.2) is 43.2 Å². The topological polar surface area (TPSA) is 55.6 Å². The van der Waals surface area contributed by atoms with Gasteiger partial charge in [-0.05, 0) is 25.5 Å². The minimum Gasteiger partial charge on any atom is -0.373 e. The summed E-state index contributed by atoms with van der Waals surface area (Å²) >= 11 is 0. The van der Waals surface area contributed by atoms with Crippen molar-refractivity contribution in [1.82, 2.24) is 4.90 Å². The van der Waals surface area contributed by atoms with Crippen molar-refractivity contribution in [3.8, 4) is 0 Å². The van der Waals surface area contributed by atoms with Crippen molar-refractivity contribution in [3.05, 3.63) is 34.9 Å². The van der Waals surface area contributed by atoms with E-state index in [1.54, 1.807) is 0 Å². The molecule has 1 aromatic rings. The number of amides is 1. The van der Waals surface area contributed by atoms with Crippen molar-refractivity contribution in [2.75, 3.05) is 26.2 Å². The summed E-state index contributed by atoms with van der Waals surface area (Å²) in [6.07, 6.45) is -0.0338. The summed E-state index contributed by atoms with van der Waals surface area (Å²) in [6.45, 7) is 6.25. The number of hydrogen-bond acceptors (Lipinski definition) is 3. The molecule has 1 fully saturated rings. The van der Waals surface area contributed by atoms with E-state index in [2.05, 4.69) is 0 Å². The summed E-state index contributed by atoms with van der Waals surface area (Å²) in [6, 6.07) is 5.91. The van der Waals surface area contributed by atoms with Gasteiger partial charge in [0.15, 0.2) is 0 Å². The lowest BCUT2D eigenvalue weighted by atomic mass is 10.0. The molecule has 0 saturated carbocycles. The van der Waals surface area contributed by atoms with Gasteiger partial charge in [0, 0.05) is 25.2 Å². The molecule has 1 saturated heterocycles. The molecule has 18 heavy (non-hydrogen) atoms. The van der Waals surface area contributed by atoms with Crippen LogP contribution in [0.2, 0.25) is 0 Å². The number of carbonyl (C=O) groups is 1. The molecule has 0 aromatic heterocycles. The maximum atomic E-state index is 12.4. The van der Waals surface area contributed by atoms with Gasteiger partial charge in [-0.1, -0.05) is 17.7 Å². The van der Waals surface area contributed by atoms with Crippen LogP contribution < -0.4 is 5.73 Å². The van der Waals surface area contributed by atoms with Crippen molar-refractivity contribution in [3.63, 3.8) is 0 Å². The first kappa shape index (κ1) is 13.1. The van der Waals surface area contributed by atoms with Gasteiger partial charge in [-0.3, -0.25) is 4.79 Å². The van der Waals surface area contributed by atoms with Crippen molar-refractivity contribution in [2.24, 2.45) is 5.73 Å². The minimum atomic E-state index is -0.0338. The maximum Gasteiger partial charge on any atom is 0.254 e. The van der Waals surface area contributed by atoms with E-state index in [-0.39, 0.29) is 12.0 Å². The number of ether oxygens (including phenoxy) is 1. The number of morpholine rings is 1. The predicted octanol–water partition coefficient (Wildman–Crippen LogP) is 1.10. The Morgan fingerprint density at radius 2 is 2.28 bits per heavy atom. The predicted molar refractivity (Wildman–Crippen MR) is 70.6 cm³/mol. The zero-order chi connectivity index (χ0) is 13.1. The first-order valence-corrected chi connectivity index (χ1v) is 6.30. The number of nitrogens with two attached hydrogens (primary N) is 1. The summed E-state index contributed by atoms with van der Waals surface area (Å²) in [5, 5.41) is 0. The highest BCUT2D eigenvalue weighted by Gasteiger charge is 2.24. The van der Waals surface area contributed by atoms with Crippen LogP contribution in [0.25, 0.3) is 0 Å². The maximum absolute atomic E-state index is 12.4. The Kier molecular flexibility index (Phi) is 3.99. The number of hydrogen-bond donors (Lipinski definition) is 1. The Morgan fingerprint density at radius 3 is 2.94 bits per heavy atom. The highest BCUT2D eigenvalue weighted by atomic mass is 16.5. The standard InChI is InChI=1S/C14H20N2O2/c1-10-3-4-13(11(2)7-10)14(17)16-5-6-18-12(8-15)9-16/h3-4,7,12H,5-6,8-9,15H2,1-2H3/t12-/m0/s1. The molecule has 2 N–H and O–H groups in total. The van der Waals surface area contributed by atoms with Gasteiger partial charge in [0.1, 0.15) is 0 Å². The van der Waals surface area contributed by atoms with Crippen LogP contribution >= 0.6 is 0 Å². The van der Waals surface area contributed by atoms with Gasteiger partial charge in [0.2, 0.25) is 0 Å². The lowest BCUT2D eigenvalue weighted by Crippen LogP contribution is -2.48. The molecule has 1 atom stereocenters. The number of carbonyl (C=O) groups excluding carboxylic acids is 1. The molecule has 0 aliphatic carbocycles. The minimum absolute atomic E-state index is 0.0338. The fraction of sp³-hybridized carbons (Fsp3) is 0.500. The number of nitrogens with zero attached hydrogens (tertiary/aromatic N) is 1. The summed E-state index contributed by atoms with van der Waals surface area (Å²) in [5.41, 5.74) is 8.56. The molecular weight excluding hydrogens is 228 g/mol. The molecule has 1 amide bonds. The third-order valence-corrected chi connectivity index (χ3v) is 3.30. The van der Waals surface area contributed by atoms with Crippen molar-refractivity contribution < 1.29 is 9.53 Å². The summed E-state index contributed by atoms with van der Waals surface area (Å²) < 4.78 is 5.47. The summed E-state index contributed by atoms with van der Waals surface area (Å²) in [7, 11) is 0. The van der Waals surface area contributed by atoms with Crippen LogP contribution in [0.3, 0.4) is 0 Å². The smallest absolute Gasteiger partial charge is 0.254 e. The third-order valence-electron chi connectivity index (χ3n) is 3.30. The zero-order valence-corrected chi connectivity index (χ0v) is 11.0. The number of rotatable bonds is 2. The van der Waals surface area contributed by atoms with Gasteiger partial charge in [-0.15, -0.1) is 0 Å². The molecule has 4 heteroatoms. The SMILES string of the molecule is Cc1ccc(C(=O)N2CCO[C@@H](CN)C2)c(C)c1. The van der Waals surface area contributed by atoms with Gasteiger partial charge in [0.25, 0.3) is 5.91 Å². The van der Waals surface area contributed by atoms with E-state index in [4.69, 9.17) is 10.5 Å². The number of aryl methyl sites for hydroxylation is 2. The molecule has 1 aliphatic rings. The van der Waals surface area contributed by atoms with E-state index in [0.29, 0.717) is 26.2 Å². The molecule has 0 bridgehead atoms. The molecule has 0 radical (unpaired) electrons. The van der Waals surface area contributed by atoms with Gasteiger partial charge in [-0.25, -0.2) is 0 Å². The van der Waals surface area contributed by atoms with Gasteiger partial charge < -0.3 is 15.4 Å². The molecular formula is C14H20N2O2. The van der Waals surface area contributed by atoms with Crippen LogP contribution in [0.1, 0.15) is 21.5 Å². The van der Waals surface area contributed by atoms with Crippen LogP contribution in [0.15, 0.2) is 18.2 Å². The average molecular weight is 248 g/mol. The van der Waals surface area contributed by atoms with E-state index in [1.165, 1.54) is 5.56 Å². The van der Waals surface area contributed by atoms with Crippen molar-refractivity contribution in [1.29, 1.82) is 0 Å². The Hall–Kier alpha value is -1.39. The Labute approximate surface area is 108 Å². The molecule has 1 aromatic carbocycles. The fourth-order valence-electron chi connectivity index (χ4n) is 2.27. The first-order chi connectivity index (χ1) is 8.61. The zero-order valence-electron chi connectivity index (χ0n) is 11.0. The van der Waals surface area contributed by atoms with E-state index in [0.717, 1.165) is 11.1 Å². The Balaban J connectivity index is 2.15. The third kappa shape index (κ3) is 2.71. The normalized spacial score (nSPS) is 19.9. The number of benzene rings is 1. The van der Waals surface area contributed by atoms with E-state index in [9.17, 15) is 4.79 Å². The second-order valence-electron chi connectivity index (χ2n) is 4.80. The molecule has 0 unspecified atom stereocenters. The van der Waals surface area contributed by atoms with Crippen LogP contribution in [0.5, 0.6) is 0 Å². The van der Waals surface area contributed by atoms with Gasteiger partial charge in [0.05, 0.1) is 12.7 Å². The molecule has 4 nitrogen and oxygen atoms in total. The fourth-order valence-corrected chi connectivity index (χ4v) is 2.27. The van der Waals surface area contributed by atoms with E-state index >= 15 is 0 Å². The summed E-state index contributed by atoms with van der Waals surface area (Å²) in [4.78, 5) is 14.3. The highest BCUT2D eigenvalue weighted by molar-refractivity contribution is 5.95. The molecule has 1 heterocycles. The second kappa shape index (κ2) is 5.50. The summed E-state index contributed by atoms with van der Waals surface area (Å²) in [5.74, 6) is 0.0780. The highest BCUT2D eigenvalue weighted by Crippen LogP contribution is 2.15. The van der Waals surface area contributed by atoms with E-state index in [1.807, 2.05) is 36.9 Å². The monoisotopic (exact) mass is 248 g/mol. The van der Waals surface area contributed by atoms with Crippen LogP contribution in [0, 0.1) is 13.8 Å². The average Bonchev–Trinajstić information content (AvgIpc) is 2.38. The van der Waals surface area contributed by atoms with E-state index < -0.39 is 0 Å². The Morgan fingerprint density at radius 1 is 1.50 bits per heavy atom. The van der Waals surface area contributed by atoms with Crippen LogP contribution in [-0.2, 0) is 4.74 Å². The Bertz CT molecular complexity index is 445. The second-order valence-corrected chi connectivity index (χ2v) is 4.80. The lowest BCUT2D eigenvalue weighted by molar-refractivity contribution is -0.0167. The molecule has 98 valence electrons. The van der Waals surface area contributed by atoms with Gasteiger partial charge >= 0.3 is 0 Å². The molecule has 0 spiro atoms. The van der Waals surface area contributed by atoms with Crippen molar-refractivity contribution >= 4 is 5.91 Å². The molecule has 1 aliphatic heterocycles. The van der Waals surface area contributed by atoms with Crippen molar-refractivity contribution in [2.45, 2.75) is 20.0 Å².